The molecule has 1 N–H and O–H groups in total. The van der Waals surface area contributed by atoms with Gasteiger partial charge in [-0.05, 0) is 33.8 Å². The molecule has 1 fully saturated rings. The maximum absolute atomic E-state index is 12.8. The Morgan fingerprint density at radius 2 is 2.23 bits per heavy atom. The maximum Gasteiger partial charge on any atom is 0.256 e. The number of piperazine rings is 1. The van der Waals surface area contributed by atoms with Crippen molar-refractivity contribution in [2.45, 2.75) is 39.8 Å². The second-order valence-corrected chi connectivity index (χ2v) is 6.27. The summed E-state index contributed by atoms with van der Waals surface area (Å²) in [6, 6.07) is 2.38. The van der Waals surface area contributed by atoms with Crippen LogP contribution in [-0.4, -0.2) is 51.2 Å². The lowest BCUT2D eigenvalue weighted by molar-refractivity contribution is 0.0654. The summed E-state index contributed by atoms with van der Waals surface area (Å²) < 4.78 is 1.89. The largest absolute Gasteiger partial charge is 0.333 e. The van der Waals surface area contributed by atoms with Crippen LogP contribution in [0, 0.1) is 6.92 Å². The SMILES string of the molecule is Cc1nc2c(cnn2C(C)C)cc1C(=O)N1CCNCC1C. The van der Waals surface area contributed by atoms with Gasteiger partial charge in [-0.15, -0.1) is 0 Å². The van der Waals surface area contributed by atoms with Gasteiger partial charge >= 0.3 is 0 Å². The first kappa shape index (κ1) is 15.0. The molecule has 1 amide bonds. The van der Waals surface area contributed by atoms with Crippen molar-refractivity contribution in [3.63, 3.8) is 0 Å². The van der Waals surface area contributed by atoms with Gasteiger partial charge < -0.3 is 10.2 Å². The summed E-state index contributed by atoms with van der Waals surface area (Å²) in [6.45, 7) is 10.5. The number of carbonyl (C=O) groups is 1. The van der Waals surface area contributed by atoms with Gasteiger partial charge in [-0.1, -0.05) is 0 Å². The molecule has 6 nitrogen and oxygen atoms in total. The van der Waals surface area contributed by atoms with E-state index in [2.05, 4.69) is 36.2 Å². The first-order valence-electron chi connectivity index (χ1n) is 7.85. The zero-order valence-electron chi connectivity index (χ0n) is 13.6. The predicted octanol–water partition coefficient (Wildman–Crippen LogP) is 1.75. The molecule has 0 radical (unpaired) electrons. The fraction of sp³-hybridized carbons (Fsp3) is 0.562. The number of nitrogens with one attached hydrogen (secondary N) is 1. The van der Waals surface area contributed by atoms with Gasteiger partial charge in [0.15, 0.2) is 5.65 Å². The van der Waals surface area contributed by atoms with E-state index in [4.69, 9.17) is 0 Å². The van der Waals surface area contributed by atoms with E-state index < -0.39 is 0 Å². The van der Waals surface area contributed by atoms with E-state index in [0.717, 1.165) is 36.4 Å². The highest BCUT2D eigenvalue weighted by molar-refractivity contribution is 5.98. The number of rotatable bonds is 2. The van der Waals surface area contributed by atoms with E-state index in [9.17, 15) is 4.79 Å². The summed E-state index contributed by atoms with van der Waals surface area (Å²) in [4.78, 5) is 19.4. The Morgan fingerprint density at radius 3 is 2.91 bits per heavy atom. The van der Waals surface area contributed by atoms with Gasteiger partial charge in [0, 0.05) is 37.1 Å². The topological polar surface area (TPSA) is 63.1 Å². The van der Waals surface area contributed by atoms with Crippen LogP contribution < -0.4 is 5.32 Å². The molecule has 3 heterocycles. The molecule has 2 aromatic heterocycles. The minimum absolute atomic E-state index is 0.0678. The third-order valence-corrected chi connectivity index (χ3v) is 4.24. The van der Waals surface area contributed by atoms with Crippen LogP contribution in [0.5, 0.6) is 0 Å². The summed E-state index contributed by atoms with van der Waals surface area (Å²) in [5.74, 6) is 0.0678. The Hall–Kier alpha value is -1.95. The number of pyridine rings is 1. The highest BCUT2D eigenvalue weighted by Crippen LogP contribution is 2.21. The van der Waals surface area contributed by atoms with E-state index in [1.807, 2.05) is 22.6 Å². The second kappa shape index (κ2) is 5.68. The lowest BCUT2D eigenvalue weighted by atomic mass is 10.1. The molecule has 0 spiro atoms. The van der Waals surface area contributed by atoms with Gasteiger partial charge in [0.2, 0.25) is 0 Å². The van der Waals surface area contributed by atoms with Crippen LogP contribution in [0.15, 0.2) is 12.3 Å². The Labute approximate surface area is 130 Å². The van der Waals surface area contributed by atoms with Crippen molar-refractivity contribution in [2.24, 2.45) is 0 Å². The van der Waals surface area contributed by atoms with Crippen LogP contribution in [0.1, 0.15) is 42.9 Å². The smallest absolute Gasteiger partial charge is 0.256 e. The zero-order chi connectivity index (χ0) is 15.9. The number of carbonyl (C=O) groups excluding carboxylic acids is 1. The molecule has 6 heteroatoms. The molecule has 1 aliphatic heterocycles. The quantitative estimate of drug-likeness (QED) is 0.918. The lowest BCUT2D eigenvalue weighted by Gasteiger charge is -2.34. The van der Waals surface area contributed by atoms with Gasteiger partial charge in [0.1, 0.15) is 0 Å². The van der Waals surface area contributed by atoms with Crippen molar-refractivity contribution in [3.05, 3.63) is 23.5 Å². The fourth-order valence-corrected chi connectivity index (χ4v) is 2.96. The summed E-state index contributed by atoms with van der Waals surface area (Å²) in [5, 5.41) is 8.61. The summed E-state index contributed by atoms with van der Waals surface area (Å²) in [7, 11) is 0. The van der Waals surface area contributed by atoms with Crippen LogP contribution in [0.25, 0.3) is 11.0 Å². The summed E-state index contributed by atoms with van der Waals surface area (Å²) in [6.07, 6.45) is 1.79. The number of nitrogens with zero attached hydrogens (tertiary/aromatic N) is 4. The second-order valence-electron chi connectivity index (χ2n) is 6.27. The highest BCUT2D eigenvalue weighted by atomic mass is 16.2. The van der Waals surface area contributed by atoms with Crippen LogP contribution in [0.4, 0.5) is 0 Å². The van der Waals surface area contributed by atoms with Crippen molar-refractivity contribution < 1.29 is 4.79 Å². The molecule has 0 saturated carbocycles. The van der Waals surface area contributed by atoms with E-state index in [1.165, 1.54) is 0 Å². The third-order valence-electron chi connectivity index (χ3n) is 4.24. The van der Waals surface area contributed by atoms with E-state index in [1.54, 1.807) is 6.20 Å². The molecule has 3 rings (SSSR count). The number of aromatic nitrogens is 3. The van der Waals surface area contributed by atoms with Gasteiger partial charge in [-0.3, -0.25) is 4.79 Å². The molecule has 1 saturated heterocycles. The van der Waals surface area contributed by atoms with Gasteiger partial charge in [-0.2, -0.15) is 5.10 Å². The number of amides is 1. The summed E-state index contributed by atoms with van der Waals surface area (Å²) in [5.41, 5.74) is 2.30. The normalized spacial score (nSPS) is 19.1. The zero-order valence-corrected chi connectivity index (χ0v) is 13.6. The molecular formula is C16H23N5O. The molecule has 1 unspecified atom stereocenters. The van der Waals surface area contributed by atoms with Crippen LogP contribution in [0.3, 0.4) is 0 Å². The maximum atomic E-state index is 12.8. The highest BCUT2D eigenvalue weighted by Gasteiger charge is 2.26. The Kier molecular flexibility index (Phi) is 3.87. The molecule has 0 aromatic carbocycles. The number of fused-ring (bicyclic) bond motifs is 1. The number of hydrogen-bond donors (Lipinski definition) is 1. The standard InChI is InChI=1S/C16H23N5O/c1-10(2)21-15-13(9-18-21)7-14(12(4)19-15)16(22)20-6-5-17-8-11(20)3/h7,9-11,17H,5-6,8H2,1-4H3. The molecule has 1 aliphatic rings. The average molecular weight is 301 g/mol. The van der Waals surface area contributed by atoms with Crippen molar-refractivity contribution in [1.82, 2.24) is 25.0 Å². The van der Waals surface area contributed by atoms with Crippen LogP contribution in [-0.2, 0) is 0 Å². The van der Waals surface area contributed by atoms with E-state index in [-0.39, 0.29) is 18.0 Å². The summed E-state index contributed by atoms with van der Waals surface area (Å²) >= 11 is 0. The monoisotopic (exact) mass is 301 g/mol. The molecular weight excluding hydrogens is 278 g/mol. The minimum atomic E-state index is 0.0678. The predicted molar refractivity (Wildman–Crippen MR) is 86.0 cm³/mol. The minimum Gasteiger partial charge on any atom is -0.333 e. The molecule has 2 aromatic rings. The van der Waals surface area contributed by atoms with Crippen LogP contribution >= 0.6 is 0 Å². The molecule has 0 bridgehead atoms. The third kappa shape index (κ3) is 2.47. The fourth-order valence-electron chi connectivity index (χ4n) is 2.96. The first-order chi connectivity index (χ1) is 10.5. The number of aryl methyl sites for hydroxylation is 1. The van der Waals surface area contributed by atoms with E-state index in [0.29, 0.717) is 5.56 Å². The van der Waals surface area contributed by atoms with Crippen molar-refractivity contribution >= 4 is 16.9 Å². The van der Waals surface area contributed by atoms with Gasteiger partial charge in [-0.25, -0.2) is 9.67 Å². The van der Waals surface area contributed by atoms with Crippen molar-refractivity contribution in [2.75, 3.05) is 19.6 Å². The van der Waals surface area contributed by atoms with Crippen LogP contribution in [0.2, 0.25) is 0 Å². The first-order valence-corrected chi connectivity index (χ1v) is 7.85. The van der Waals surface area contributed by atoms with Gasteiger partial charge in [0.05, 0.1) is 17.5 Å². The number of hydrogen-bond acceptors (Lipinski definition) is 4. The molecule has 118 valence electrons. The Balaban J connectivity index is 2.00. The van der Waals surface area contributed by atoms with Gasteiger partial charge in [0.25, 0.3) is 5.91 Å². The Bertz CT molecular complexity index is 706. The molecule has 1 atom stereocenters. The average Bonchev–Trinajstić information content (AvgIpc) is 2.89. The molecule has 0 aliphatic carbocycles. The van der Waals surface area contributed by atoms with Crippen molar-refractivity contribution in [1.29, 1.82) is 0 Å². The lowest BCUT2D eigenvalue weighted by Crippen LogP contribution is -2.52. The van der Waals surface area contributed by atoms with Crippen molar-refractivity contribution in [3.8, 4) is 0 Å². The van der Waals surface area contributed by atoms with E-state index >= 15 is 0 Å². The Morgan fingerprint density at radius 1 is 1.45 bits per heavy atom. The molecule has 22 heavy (non-hydrogen) atoms.